The fourth-order valence-electron chi connectivity index (χ4n) is 2.26. The second-order valence-electron chi connectivity index (χ2n) is 4.30. The van der Waals surface area contributed by atoms with Crippen LogP contribution in [0.3, 0.4) is 0 Å². The summed E-state index contributed by atoms with van der Waals surface area (Å²) in [4.78, 5) is 17.0. The third-order valence-electron chi connectivity index (χ3n) is 3.19. The van der Waals surface area contributed by atoms with Gasteiger partial charge in [0.05, 0.1) is 12.2 Å². The molecule has 2 aliphatic rings. The van der Waals surface area contributed by atoms with Gasteiger partial charge in [-0.25, -0.2) is 0 Å². The van der Waals surface area contributed by atoms with Gasteiger partial charge in [0.1, 0.15) is 12.2 Å². The van der Waals surface area contributed by atoms with Crippen LogP contribution < -0.4 is 10.3 Å². The number of aliphatic hydroxyl groups is 2. The number of rotatable bonds is 2. The van der Waals surface area contributed by atoms with Gasteiger partial charge in [0.25, 0.3) is 5.56 Å². The first-order chi connectivity index (χ1) is 9.15. The van der Waals surface area contributed by atoms with Gasteiger partial charge in [-0.3, -0.25) is 9.36 Å². The van der Waals surface area contributed by atoms with Crippen LogP contribution in [0.2, 0.25) is 0 Å². The van der Waals surface area contributed by atoms with Gasteiger partial charge >= 0.3 is 6.01 Å². The lowest BCUT2D eigenvalue weighted by atomic mass is 10.1. The molecular formula is C11H11BrN2O5. The van der Waals surface area contributed by atoms with Gasteiger partial charge < -0.3 is 19.7 Å². The lowest BCUT2D eigenvalue weighted by Gasteiger charge is -2.14. The van der Waals surface area contributed by atoms with Crippen LogP contribution in [0.4, 0.5) is 0 Å². The molecule has 19 heavy (non-hydrogen) atoms. The monoisotopic (exact) mass is 330 g/mol. The van der Waals surface area contributed by atoms with Crippen LogP contribution in [0.1, 0.15) is 11.8 Å². The number of hydrogen-bond acceptors (Lipinski definition) is 6. The molecule has 0 radical (unpaired) electrons. The average molecular weight is 331 g/mol. The van der Waals surface area contributed by atoms with E-state index < -0.39 is 30.1 Å². The van der Waals surface area contributed by atoms with E-state index in [1.54, 1.807) is 21.8 Å². The maximum absolute atomic E-state index is 11.7. The normalized spacial score (nSPS) is 32.4. The summed E-state index contributed by atoms with van der Waals surface area (Å²) >= 11 is 3.10. The number of nitrogens with zero attached hydrogens (tertiary/aromatic N) is 2. The van der Waals surface area contributed by atoms with Crippen molar-refractivity contribution in [3.05, 3.63) is 27.1 Å². The Hall–Kier alpha value is -1.22. The van der Waals surface area contributed by atoms with E-state index in [1.807, 2.05) is 0 Å². The first kappa shape index (κ1) is 12.8. The van der Waals surface area contributed by atoms with E-state index >= 15 is 0 Å². The zero-order chi connectivity index (χ0) is 13.6. The Bertz CT molecular complexity index is 587. The molecule has 0 aliphatic carbocycles. The molecule has 1 aromatic heterocycles. The summed E-state index contributed by atoms with van der Waals surface area (Å²) in [6.07, 6.45) is 0.217. The number of aliphatic hydroxyl groups excluding tert-OH is 2. The van der Waals surface area contributed by atoms with Crippen molar-refractivity contribution in [2.75, 3.05) is 6.61 Å². The first-order valence-electron chi connectivity index (χ1n) is 5.66. The molecule has 1 saturated heterocycles. The lowest BCUT2D eigenvalue weighted by molar-refractivity contribution is -0.0434. The second-order valence-corrected chi connectivity index (χ2v) is 4.83. The predicted octanol–water partition coefficient (Wildman–Crippen LogP) is -0.379. The summed E-state index contributed by atoms with van der Waals surface area (Å²) in [6, 6.07) is 0.113. The summed E-state index contributed by atoms with van der Waals surface area (Å²) in [5, 5.41) is 19.0. The number of ether oxygens (including phenoxy) is 2. The van der Waals surface area contributed by atoms with Crippen LogP contribution >= 0.6 is 15.9 Å². The Morgan fingerprint density at radius 1 is 1.58 bits per heavy atom. The lowest BCUT2D eigenvalue weighted by Crippen LogP contribution is -2.34. The van der Waals surface area contributed by atoms with E-state index in [2.05, 4.69) is 20.9 Å². The fraction of sp³-hybridized carbons (Fsp3) is 0.455. The number of hydrogen-bond donors (Lipinski definition) is 2. The van der Waals surface area contributed by atoms with Crippen LogP contribution in [0.25, 0.3) is 6.08 Å². The molecular weight excluding hydrogens is 320 g/mol. The van der Waals surface area contributed by atoms with Crippen molar-refractivity contribution < 1.29 is 19.7 Å². The van der Waals surface area contributed by atoms with Crippen LogP contribution in [0.5, 0.6) is 6.01 Å². The van der Waals surface area contributed by atoms with Crippen molar-refractivity contribution in [3.8, 4) is 6.01 Å². The maximum atomic E-state index is 11.7. The summed E-state index contributed by atoms with van der Waals surface area (Å²) in [6.45, 7) is -0.297. The Morgan fingerprint density at radius 2 is 2.37 bits per heavy atom. The molecule has 0 amide bonds. The highest BCUT2D eigenvalue weighted by molar-refractivity contribution is 9.11. The van der Waals surface area contributed by atoms with E-state index in [1.165, 1.54) is 0 Å². The van der Waals surface area contributed by atoms with Crippen molar-refractivity contribution in [1.82, 2.24) is 9.55 Å². The van der Waals surface area contributed by atoms with E-state index in [0.29, 0.717) is 5.56 Å². The third kappa shape index (κ3) is 1.91. The molecule has 0 aromatic carbocycles. The minimum Gasteiger partial charge on any atom is -0.453 e. The molecule has 1 fully saturated rings. The minimum absolute atomic E-state index is 0.113. The number of halogens is 1. The van der Waals surface area contributed by atoms with Crippen molar-refractivity contribution in [1.29, 1.82) is 0 Å². The Morgan fingerprint density at radius 3 is 3.05 bits per heavy atom. The highest BCUT2D eigenvalue weighted by Gasteiger charge is 2.51. The zero-order valence-electron chi connectivity index (χ0n) is 9.64. The van der Waals surface area contributed by atoms with Gasteiger partial charge in [-0.15, -0.1) is 0 Å². The van der Waals surface area contributed by atoms with Gasteiger partial charge in [0.15, 0.2) is 12.3 Å². The molecule has 102 valence electrons. The van der Waals surface area contributed by atoms with Gasteiger partial charge in [-0.1, -0.05) is 15.9 Å². The zero-order valence-corrected chi connectivity index (χ0v) is 11.2. The van der Waals surface area contributed by atoms with E-state index in [-0.39, 0.29) is 12.6 Å². The van der Waals surface area contributed by atoms with Crippen molar-refractivity contribution >= 4 is 22.0 Å². The van der Waals surface area contributed by atoms with Crippen LogP contribution in [0.15, 0.2) is 16.0 Å². The topological polar surface area (TPSA) is 93.8 Å². The quantitative estimate of drug-likeness (QED) is 0.767. The fourth-order valence-corrected chi connectivity index (χ4v) is 2.55. The molecule has 2 N–H and O–H groups in total. The molecule has 0 spiro atoms. The average Bonchev–Trinajstić information content (AvgIpc) is 2.88. The molecule has 7 nitrogen and oxygen atoms in total. The van der Waals surface area contributed by atoms with Crippen LogP contribution in [-0.2, 0) is 4.74 Å². The molecule has 3 rings (SSSR count). The van der Waals surface area contributed by atoms with Crippen molar-refractivity contribution in [2.24, 2.45) is 0 Å². The predicted molar refractivity (Wildman–Crippen MR) is 67.9 cm³/mol. The second kappa shape index (κ2) is 4.71. The molecule has 2 aliphatic heterocycles. The summed E-state index contributed by atoms with van der Waals surface area (Å²) in [7, 11) is 0. The Labute approximate surface area is 116 Å². The van der Waals surface area contributed by atoms with E-state index in [0.717, 1.165) is 0 Å². The van der Waals surface area contributed by atoms with E-state index in [4.69, 9.17) is 14.6 Å². The first-order valence-corrected chi connectivity index (χ1v) is 6.58. The molecule has 8 heteroatoms. The maximum Gasteiger partial charge on any atom is 0.302 e. The Balaban J connectivity index is 2.02. The van der Waals surface area contributed by atoms with Crippen molar-refractivity contribution in [3.63, 3.8) is 0 Å². The Kier molecular flexibility index (Phi) is 3.17. The largest absolute Gasteiger partial charge is 0.453 e. The number of aromatic nitrogens is 2. The smallest absolute Gasteiger partial charge is 0.302 e. The molecule has 4 atom stereocenters. The SMILES string of the molecule is O=c1nc2n(cc1/C=C/Br)[C@H]1O[C@H](CO)[C@@H](O)[C@@H]1O2. The van der Waals surface area contributed by atoms with Crippen LogP contribution in [-0.4, -0.2) is 44.7 Å². The van der Waals surface area contributed by atoms with Gasteiger partial charge in [0, 0.05) is 6.20 Å². The number of fused-ring (bicyclic) bond motifs is 3. The highest BCUT2D eigenvalue weighted by atomic mass is 79.9. The molecule has 0 bridgehead atoms. The van der Waals surface area contributed by atoms with Crippen LogP contribution in [0, 0.1) is 0 Å². The summed E-state index contributed by atoms with van der Waals surface area (Å²) in [5.41, 5.74) is -0.0504. The van der Waals surface area contributed by atoms with Gasteiger partial charge in [-0.05, 0) is 11.1 Å². The van der Waals surface area contributed by atoms with E-state index in [9.17, 15) is 9.90 Å². The van der Waals surface area contributed by atoms with Gasteiger partial charge in [0.2, 0.25) is 0 Å². The standard InChI is InChI=1S/C11H11BrN2O5/c12-2-1-5-3-14-10-8(7(16)6(4-15)18-10)19-11(14)13-9(5)17/h1-3,6-8,10,15-16H,4H2/b2-1+/t6-,7-,8+,10+/m1/s1. The summed E-state index contributed by atoms with van der Waals surface area (Å²) < 4.78 is 12.5. The molecule has 3 heterocycles. The summed E-state index contributed by atoms with van der Waals surface area (Å²) in [5.74, 6) is 0. The minimum atomic E-state index is -0.957. The highest BCUT2D eigenvalue weighted by Crippen LogP contribution is 2.38. The van der Waals surface area contributed by atoms with Crippen molar-refractivity contribution in [2.45, 2.75) is 24.5 Å². The van der Waals surface area contributed by atoms with Gasteiger partial charge in [-0.2, -0.15) is 4.98 Å². The molecule has 1 aromatic rings. The third-order valence-corrected chi connectivity index (χ3v) is 3.46. The molecule has 0 unspecified atom stereocenters. The molecule has 0 saturated carbocycles.